The number of rotatable bonds is 6. The average molecular weight is 402 g/mol. The molecule has 0 aliphatic rings. The molecule has 0 aliphatic carbocycles. The summed E-state index contributed by atoms with van der Waals surface area (Å²) in [7, 11) is 0. The molecule has 0 bridgehead atoms. The molecule has 1 heterocycles. The van der Waals surface area contributed by atoms with Crippen LogP contribution in [0.1, 0.15) is 26.6 Å². The minimum Gasteiger partial charge on any atom is -0.456 e. The number of nitrogens with one attached hydrogen (secondary N) is 1. The predicted octanol–water partition coefficient (Wildman–Crippen LogP) is 4.27. The number of aromatic nitrogens is 1. The molecule has 5 nitrogen and oxygen atoms in total. The van der Waals surface area contributed by atoms with Gasteiger partial charge in [0.15, 0.2) is 11.6 Å². The van der Waals surface area contributed by atoms with Gasteiger partial charge in [-0.05, 0) is 37.3 Å². The fourth-order valence-corrected chi connectivity index (χ4v) is 3.10. The van der Waals surface area contributed by atoms with Crippen molar-refractivity contribution in [3.63, 3.8) is 0 Å². The highest BCUT2D eigenvalue weighted by atomic mass is 32.1. The Labute approximate surface area is 164 Å². The van der Waals surface area contributed by atoms with Crippen molar-refractivity contribution in [1.29, 1.82) is 0 Å². The van der Waals surface area contributed by atoms with Gasteiger partial charge in [0, 0.05) is 11.1 Å². The van der Waals surface area contributed by atoms with Gasteiger partial charge in [0.25, 0.3) is 0 Å². The standard InChI is InChI=1S/C20H16F2N2O3S/c1-12-2-5-14(6-3-12)23-18(25)9-19-24-15(11-28-19)10-27-20(26)13-4-7-16(21)17(22)8-13/h2-8,11H,9-10H2,1H3,(H,23,25). The van der Waals surface area contributed by atoms with Gasteiger partial charge in [0.1, 0.15) is 11.6 Å². The van der Waals surface area contributed by atoms with Crippen LogP contribution in [0, 0.1) is 18.6 Å². The van der Waals surface area contributed by atoms with Crippen LogP contribution < -0.4 is 5.32 Å². The predicted molar refractivity (Wildman–Crippen MR) is 101 cm³/mol. The van der Waals surface area contributed by atoms with Gasteiger partial charge in [-0.1, -0.05) is 17.7 Å². The van der Waals surface area contributed by atoms with Crippen LogP contribution in [-0.4, -0.2) is 16.9 Å². The normalized spacial score (nSPS) is 10.5. The maximum atomic E-state index is 13.2. The lowest BCUT2D eigenvalue weighted by Crippen LogP contribution is -2.14. The van der Waals surface area contributed by atoms with E-state index < -0.39 is 17.6 Å². The van der Waals surface area contributed by atoms with Gasteiger partial charge in [-0.2, -0.15) is 0 Å². The summed E-state index contributed by atoms with van der Waals surface area (Å²) in [6.07, 6.45) is 0.0929. The van der Waals surface area contributed by atoms with E-state index in [2.05, 4.69) is 10.3 Å². The summed E-state index contributed by atoms with van der Waals surface area (Å²) >= 11 is 1.27. The number of anilines is 1. The van der Waals surface area contributed by atoms with E-state index in [0.717, 1.165) is 23.8 Å². The third kappa shape index (κ3) is 5.20. The number of esters is 1. The highest BCUT2D eigenvalue weighted by molar-refractivity contribution is 7.09. The molecule has 0 atom stereocenters. The van der Waals surface area contributed by atoms with Crippen molar-refractivity contribution >= 4 is 28.9 Å². The third-order valence-corrected chi connectivity index (χ3v) is 4.65. The van der Waals surface area contributed by atoms with E-state index in [1.807, 2.05) is 31.2 Å². The molecular weight excluding hydrogens is 386 g/mol. The number of halogens is 2. The second kappa shape index (κ2) is 8.71. The molecule has 0 fully saturated rings. The SMILES string of the molecule is Cc1ccc(NC(=O)Cc2nc(COC(=O)c3ccc(F)c(F)c3)cs2)cc1. The van der Waals surface area contributed by atoms with E-state index in [1.165, 1.54) is 11.3 Å². The van der Waals surface area contributed by atoms with E-state index in [0.29, 0.717) is 16.4 Å². The van der Waals surface area contributed by atoms with Crippen LogP contribution in [-0.2, 0) is 22.6 Å². The summed E-state index contributed by atoms with van der Waals surface area (Å²) in [6.45, 7) is 1.83. The van der Waals surface area contributed by atoms with Crippen molar-refractivity contribution in [3.8, 4) is 0 Å². The lowest BCUT2D eigenvalue weighted by molar-refractivity contribution is -0.115. The lowest BCUT2D eigenvalue weighted by atomic mass is 10.2. The minimum absolute atomic E-state index is 0.0909. The fraction of sp³-hybridized carbons (Fsp3) is 0.150. The molecule has 1 N–H and O–H groups in total. The molecule has 0 aliphatic heterocycles. The van der Waals surface area contributed by atoms with E-state index in [-0.39, 0.29) is 24.5 Å². The Balaban J connectivity index is 1.52. The average Bonchev–Trinajstić information content (AvgIpc) is 3.11. The van der Waals surface area contributed by atoms with Gasteiger partial charge in [0.2, 0.25) is 5.91 Å². The quantitative estimate of drug-likeness (QED) is 0.626. The van der Waals surface area contributed by atoms with Crippen molar-refractivity contribution in [2.75, 3.05) is 5.32 Å². The van der Waals surface area contributed by atoms with Crippen LogP contribution in [0.4, 0.5) is 14.5 Å². The van der Waals surface area contributed by atoms with Crippen molar-refractivity contribution in [2.24, 2.45) is 0 Å². The van der Waals surface area contributed by atoms with Crippen LogP contribution in [0.25, 0.3) is 0 Å². The Morgan fingerprint density at radius 2 is 1.86 bits per heavy atom. The number of nitrogens with zero attached hydrogens (tertiary/aromatic N) is 1. The summed E-state index contributed by atoms with van der Waals surface area (Å²) in [4.78, 5) is 28.2. The second-order valence-corrected chi connectivity index (χ2v) is 6.97. The Hall–Kier alpha value is -3.13. The molecule has 0 saturated heterocycles. The van der Waals surface area contributed by atoms with E-state index in [1.54, 1.807) is 5.38 Å². The summed E-state index contributed by atoms with van der Waals surface area (Å²) < 4.78 is 31.1. The van der Waals surface area contributed by atoms with Crippen molar-refractivity contribution in [2.45, 2.75) is 20.0 Å². The number of carbonyl (C=O) groups excluding carboxylic acids is 2. The monoisotopic (exact) mass is 402 g/mol. The molecule has 1 amide bonds. The van der Waals surface area contributed by atoms with Gasteiger partial charge in [0.05, 0.1) is 17.7 Å². The zero-order valence-electron chi connectivity index (χ0n) is 14.9. The molecule has 0 saturated carbocycles. The van der Waals surface area contributed by atoms with Gasteiger partial charge in [-0.3, -0.25) is 4.79 Å². The van der Waals surface area contributed by atoms with E-state index in [4.69, 9.17) is 4.74 Å². The largest absolute Gasteiger partial charge is 0.456 e. The Kier molecular flexibility index (Phi) is 6.10. The first-order valence-corrected chi connectivity index (χ1v) is 9.20. The number of amides is 1. The molecule has 144 valence electrons. The van der Waals surface area contributed by atoms with Crippen LogP contribution in [0.15, 0.2) is 47.8 Å². The third-order valence-electron chi connectivity index (χ3n) is 3.75. The van der Waals surface area contributed by atoms with Crippen LogP contribution >= 0.6 is 11.3 Å². The Bertz CT molecular complexity index is 1000. The first-order chi connectivity index (χ1) is 13.4. The van der Waals surface area contributed by atoms with Crippen molar-refractivity contribution in [3.05, 3.63) is 81.3 Å². The van der Waals surface area contributed by atoms with Crippen molar-refractivity contribution in [1.82, 2.24) is 4.98 Å². The summed E-state index contributed by atoms with van der Waals surface area (Å²) in [5, 5.41) is 5.03. The topological polar surface area (TPSA) is 68.3 Å². The smallest absolute Gasteiger partial charge is 0.338 e. The number of carbonyl (C=O) groups is 2. The maximum Gasteiger partial charge on any atom is 0.338 e. The Morgan fingerprint density at radius 1 is 1.11 bits per heavy atom. The second-order valence-electron chi connectivity index (χ2n) is 6.03. The number of hydrogen-bond donors (Lipinski definition) is 1. The van der Waals surface area contributed by atoms with Gasteiger partial charge >= 0.3 is 5.97 Å². The maximum absolute atomic E-state index is 13.2. The van der Waals surface area contributed by atoms with E-state index in [9.17, 15) is 18.4 Å². The number of benzene rings is 2. The molecule has 3 rings (SSSR count). The molecule has 2 aromatic carbocycles. The molecule has 0 radical (unpaired) electrons. The lowest BCUT2D eigenvalue weighted by Gasteiger charge is -2.04. The number of hydrogen-bond acceptors (Lipinski definition) is 5. The molecule has 3 aromatic rings. The fourth-order valence-electron chi connectivity index (χ4n) is 2.32. The molecule has 0 spiro atoms. The number of ether oxygens (including phenoxy) is 1. The van der Waals surface area contributed by atoms with Crippen LogP contribution in [0.5, 0.6) is 0 Å². The van der Waals surface area contributed by atoms with Gasteiger partial charge in [-0.15, -0.1) is 11.3 Å². The van der Waals surface area contributed by atoms with Gasteiger partial charge in [-0.25, -0.2) is 18.6 Å². The molecule has 28 heavy (non-hydrogen) atoms. The molecule has 8 heteroatoms. The molecule has 1 aromatic heterocycles. The minimum atomic E-state index is -1.12. The van der Waals surface area contributed by atoms with Crippen LogP contribution in [0.2, 0.25) is 0 Å². The number of thiazole rings is 1. The zero-order valence-corrected chi connectivity index (χ0v) is 15.7. The zero-order chi connectivity index (χ0) is 20.1. The van der Waals surface area contributed by atoms with Gasteiger partial charge < -0.3 is 10.1 Å². The number of aryl methyl sites for hydroxylation is 1. The molecule has 0 unspecified atom stereocenters. The summed E-state index contributed by atoms with van der Waals surface area (Å²) in [6, 6.07) is 10.2. The summed E-state index contributed by atoms with van der Waals surface area (Å²) in [5.74, 6) is -3.15. The van der Waals surface area contributed by atoms with E-state index >= 15 is 0 Å². The van der Waals surface area contributed by atoms with Crippen molar-refractivity contribution < 1.29 is 23.1 Å². The van der Waals surface area contributed by atoms with Crippen LogP contribution in [0.3, 0.4) is 0 Å². The highest BCUT2D eigenvalue weighted by Crippen LogP contribution is 2.15. The highest BCUT2D eigenvalue weighted by Gasteiger charge is 2.13. The first-order valence-electron chi connectivity index (χ1n) is 8.32. The first kappa shape index (κ1) is 19.6. The Morgan fingerprint density at radius 3 is 2.57 bits per heavy atom. The molecular formula is C20H16F2N2O3S. The summed E-state index contributed by atoms with van der Waals surface area (Å²) in [5.41, 5.74) is 2.18.